The van der Waals surface area contributed by atoms with Gasteiger partial charge >= 0.3 is 6.61 Å². The summed E-state index contributed by atoms with van der Waals surface area (Å²) in [6.45, 7) is 0.560. The van der Waals surface area contributed by atoms with Crippen molar-refractivity contribution in [2.24, 2.45) is 5.73 Å². The number of rotatable bonds is 7. The SMILES string of the molecule is Cc1oc(-c2cccc(OC(F)F)c2)cc1C(=O)Nc1nc(CC(C)N)ns1. The van der Waals surface area contributed by atoms with Gasteiger partial charge in [0.15, 0.2) is 0 Å². The van der Waals surface area contributed by atoms with Gasteiger partial charge in [-0.3, -0.25) is 10.1 Å². The number of carbonyl (C=O) groups is 1. The summed E-state index contributed by atoms with van der Waals surface area (Å²) in [6.07, 6.45) is 0.512. The van der Waals surface area contributed by atoms with Gasteiger partial charge in [-0.25, -0.2) is 4.98 Å². The molecule has 1 unspecified atom stereocenters. The highest BCUT2D eigenvalue weighted by atomic mass is 32.1. The lowest BCUT2D eigenvalue weighted by atomic mass is 10.1. The highest BCUT2D eigenvalue weighted by Gasteiger charge is 2.18. The molecule has 10 heteroatoms. The predicted octanol–water partition coefficient (Wildman–Crippen LogP) is 3.85. The molecule has 0 saturated heterocycles. The van der Waals surface area contributed by atoms with E-state index in [9.17, 15) is 13.6 Å². The molecule has 0 saturated carbocycles. The van der Waals surface area contributed by atoms with E-state index in [1.807, 2.05) is 6.92 Å². The molecule has 0 fully saturated rings. The second-order valence-electron chi connectivity index (χ2n) is 6.14. The number of halogens is 2. The number of alkyl halides is 2. The van der Waals surface area contributed by atoms with Crippen molar-refractivity contribution < 1.29 is 22.7 Å². The summed E-state index contributed by atoms with van der Waals surface area (Å²) in [5, 5.41) is 3.03. The van der Waals surface area contributed by atoms with Crippen molar-refractivity contribution >= 4 is 22.6 Å². The molecule has 2 heterocycles. The fourth-order valence-corrected chi connectivity index (χ4v) is 3.11. The minimum atomic E-state index is -2.92. The number of aryl methyl sites for hydroxylation is 1. The number of ether oxygens (including phenoxy) is 1. The molecule has 0 spiro atoms. The lowest BCUT2D eigenvalue weighted by Crippen LogP contribution is -2.18. The number of anilines is 1. The number of carbonyl (C=O) groups excluding carboxylic acids is 1. The number of hydrogen-bond acceptors (Lipinski definition) is 7. The third-order valence-corrected chi connectivity index (χ3v) is 4.37. The van der Waals surface area contributed by atoms with Crippen LogP contribution in [0.4, 0.5) is 13.9 Å². The quantitative estimate of drug-likeness (QED) is 0.616. The van der Waals surface area contributed by atoms with Gasteiger partial charge in [0.2, 0.25) is 5.13 Å². The molecule has 148 valence electrons. The number of benzene rings is 1. The van der Waals surface area contributed by atoms with Gasteiger partial charge in [-0.05, 0) is 32.0 Å². The molecular formula is C18H18F2N4O3S. The average molecular weight is 408 g/mol. The average Bonchev–Trinajstić information content (AvgIpc) is 3.20. The van der Waals surface area contributed by atoms with Gasteiger partial charge in [-0.1, -0.05) is 12.1 Å². The van der Waals surface area contributed by atoms with E-state index in [2.05, 4.69) is 19.4 Å². The van der Waals surface area contributed by atoms with Crippen molar-refractivity contribution in [1.29, 1.82) is 0 Å². The molecule has 0 aliphatic rings. The summed E-state index contributed by atoms with van der Waals surface area (Å²) >= 11 is 1.06. The third kappa shape index (κ3) is 4.90. The molecular weight excluding hydrogens is 390 g/mol. The van der Waals surface area contributed by atoms with Crippen LogP contribution in [0, 0.1) is 6.92 Å². The van der Waals surface area contributed by atoms with Crippen LogP contribution in [0.15, 0.2) is 34.7 Å². The van der Waals surface area contributed by atoms with Crippen LogP contribution in [0.1, 0.15) is 28.9 Å². The first-order valence-corrected chi connectivity index (χ1v) is 9.14. The number of nitrogens with two attached hydrogens (primary N) is 1. The Labute approximate surface area is 163 Å². The highest BCUT2D eigenvalue weighted by Crippen LogP contribution is 2.29. The van der Waals surface area contributed by atoms with Crippen molar-refractivity contribution in [2.75, 3.05) is 5.32 Å². The molecule has 1 amide bonds. The monoisotopic (exact) mass is 408 g/mol. The van der Waals surface area contributed by atoms with E-state index in [4.69, 9.17) is 10.2 Å². The molecule has 3 N–H and O–H groups in total. The van der Waals surface area contributed by atoms with Crippen molar-refractivity contribution in [1.82, 2.24) is 9.36 Å². The molecule has 1 aromatic carbocycles. The van der Waals surface area contributed by atoms with E-state index < -0.39 is 12.5 Å². The zero-order valence-electron chi connectivity index (χ0n) is 15.1. The van der Waals surface area contributed by atoms with Gasteiger partial charge < -0.3 is 14.9 Å². The van der Waals surface area contributed by atoms with Crippen LogP contribution in [0.3, 0.4) is 0 Å². The molecule has 7 nitrogen and oxygen atoms in total. The smallest absolute Gasteiger partial charge is 0.387 e. The molecule has 2 aromatic heterocycles. The lowest BCUT2D eigenvalue weighted by Gasteiger charge is -2.05. The van der Waals surface area contributed by atoms with Gasteiger partial charge in [-0.15, -0.1) is 0 Å². The molecule has 1 atom stereocenters. The number of nitrogens with zero attached hydrogens (tertiary/aromatic N) is 2. The molecule has 3 rings (SSSR count). The Kier molecular flexibility index (Phi) is 6.00. The van der Waals surface area contributed by atoms with Gasteiger partial charge in [0.1, 0.15) is 23.1 Å². The zero-order chi connectivity index (χ0) is 20.3. The standard InChI is InChI=1S/C18H18F2N4O3S/c1-9(21)6-15-22-18(28-24-15)23-16(25)13-8-14(26-10(13)2)11-4-3-5-12(7-11)27-17(19)20/h3-5,7-9,17H,6,21H2,1-2H3,(H,22,23,24,25). The maximum absolute atomic E-state index is 12.5. The predicted molar refractivity (Wildman–Crippen MR) is 101 cm³/mol. The molecule has 0 bridgehead atoms. The number of hydrogen-bond donors (Lipinski definition) is 2. The summed E-state index contributed by atoms with van der Waals surface area (Å²) < 4.78 is 38.9. The Morgan fingerprint density at radius 3 is 2.89 bits per heavy atom. The van der Waals surface area contributed by atoms with Gasteiger partial charge in [0.25, 0.3) is 5.91 Å². The normalized spacial score (nSPS) is 12.2. The molecule has 0 radical (unpaired) electrons. The second kappa shape index (κ2) is 8.44. The lowest BCUT2D eigenvalue weighted by molar-refractivity contribution is -0.0498. The molecule has 0 aliphatic heterocycles. The minimum Gasteiger partial charge on any atom is -0.461 e. The summed E-state index contributed by atoms with van der Waals surface area (Å²) in [7, 11) is 0. The summed E-state index contributed by atoms with van der Waals surface area (Å²) in [4.78, 5) is 16.8. The van der Waals surface area contributed by atoms with Crippen LogP contribution in [0.25, 0.3) is 11.3 Å². The maximum atomic E-state index is 12.5. The Hall–Kier alpha value is -2.85. The molecule has 28 heavy (non-hydrogen) atoms. The fourth-order valence-electron chi connectivity index (χ4n) is 2.52. The van der Waals surface area contributed by atoms with Crippen LogP contribution < -0.4 is 15.8 Å². The number of amides is 1. The summed E-state index contributed by atoms with van der Waals surface area (Å²) in [5.74, 6) is 0.903. The van der Waals surface area contributed by atoms with Crippen molar-refractivity contribution in [3.05, 3.63) is 47.5 Å². The van der Waals surface area contributed by atoms with Crippen LogP contribution in [-0.2, 0) is 6.42 Å². The van der Waals surface area contributed by atoms with Crippen LogP contribution in [-0.4, -0.2) is 27.9 Å². The van der Waals surface area contributed by atoms with Crippen molar-refractivity contribution in [2.45, 2.75) is 32.9 Å². The first-order valence-electron chi connectivity index (χ1n) is 8.37. The Morgan fingerprint density at radius 2 is 2.18 bits per heavy atom. The topological polar surface area (TPSA) is 103 Å². The second-order valence-corrected chi connectivity index (χ2v) is 6.89. The molecule has 3 aromatic rings. The number of furan rings is 1. The molecule has 0 aliphatic carbocycles. The fraction of sp³-hybridized carbons (Fsp3) is 0.278. The zero-order valence-corrected chi connectivity index (χ0v) is 15.9. The van der Waals surface area contributed by atoms with E-state index in [1.54, 1.807) is 19.1 Å². The van der Waals surface area contributed by atoms with Gasteiger partial charge in [-0.2, -0.15) is 13.2 Å². The first-order chi connectivity index (χ1) is 13.3. The Bertz CT molecular complexity index is 971. The van der Waals surface area contributed by atoms with Gasteiger partial charge in [0, 0.05) is 29.6 Å². The van der Waals surface area contributed by atoms with E-state index in [0.717, 1.165) is 11.5 Å². The van der Waals surface area contributed by atoms with Gasteiger partial charge in [0.05, 0.1) is 5.56 Å². The first kappa shape index (κ1) is 19.9. The van der Waals surface area contributed by atoms with Crippen molar-refractivity contribution in [3.8, 4) is 17.1 Å². The Balaban J connectivity index is 1.76. The van der Waals surface area contributed by atoms with E-state index >= 15 is 0 Å². The summed E-state index contributed by atoms with van der Waals surface area (Å²) in [6, 6.07) is 7.51. The van der Waals surface area contributed by atoms with E-state index in [-0.39, 0.29) is 11.8 Å². The Morgan fingerprint density at radius 1 is 1.39 bits per heavy atom. The highest BCUT2D eigenvalue weighted by molar-refractivity contribution is 7.09. The van der Waals surface area contributed by atoms with E-state index in [0.29, 0.717) is 40.0 Å². The van der Waals surface area contributed by atoms with Crippen LogP contribution in [0.5, 0.6) is 5.75 Å². The number of aromatic nitrogens is 2. The van der Waals surface area contributed by atoms with Crippen LogP contribution in [0.2, 0.25) is 0 Å². The van der Waals surface area contributed by atoms with Crippen molar-refractivity contribution in [3.63, 3.8) is 0 Å². The summed E-state index contributed by atoms with van der Waals surface area (Å²) in [5.41, 5.74) is 6.53. The third-order valence-electron chi connectivity index (χ3n) is 3.70. The largest absolute Gasteiger partial charge is 0.461 e. The maximum Gasteiger partial charge on any atom is 0.387 e. The van der Waals surface area contributed by atoms with Crippen LogP contribution >= 0.6 is 11.5 Å². The van der Waals surface area contributed by atoms with E-state index in [1.165, 1.54) is 18.2 Å². The minimum absolute atomic E-state index is 0.00285. The number of nitrogens with one attached hydrogen (secondary N) is 1.